The van der Waals surface area contributed by atoms with Gasteiger partial charge < -0.3 is 20.9 Å². The molecule has 0 saturated heterocycles. The molecule has 1 fully saturated rings. The zero-order valence-electron chi connectivity index (χ0n) is 18.0. The second-order valence-electron chi connectivity index (χ2n) is 8.20. The van der Waals surface area contributed by atoms with Crippen LogP contribution in [0.15, 0.2) is 12.4 Å². The van der Waals surface area contributed by atoms with Crippen LogP contribution < -0.4 is 20.9 Å². The molecule has 32 heavy (non-hydrogen) atoms. The lowest BCUT2D eigenvalue weighted by Crippen LogP contribution is -2.46. The molecule has 172 valence electrons. The van der Waals surface area contributed by atoms with Gasteiger partial charge in [0.1, 0.15) is 17.5 Å². The van der Waals surface area contributed by atoms with Gasteiger partial charge in [-0.3, -0.25) is 4.79 Å². The quantitative estimate of drug-likeness (QED) is 0.616. The van der Waals surface area contributed by atoms with Crippen molar-refractivity contribution in [3.05, 3.63) is 23.8 Å². The molecule has 1 saturated carbocycles. The summed E-state index contributed by atoms with van der Waals surface area (Å²) in [7, 11) is 1.86. The van der Waals surface area contributed by atoms with Gasteiger partial charge in [0.05, 0.1) is 18.1 Å². The predicted octanol–water partition coefficient (Wildman–Crippen LogP) is 3.06. The van der Waals surface area contributed by atoms with Gasteiger partial charge in [-0.1, -0.05) is 6.92 Å². The molecule has 0 unspecified atom stereocenters. The van der Waals surface area contributed by atoms with Gasteiger partial charge in [-0.05, 0) is 32.1 Å². The van der Waals surface area contributed by atoms with E-state index in [0.717, 1.165) is 25.2 Å². The SMILES string of the molecule is CC[C@H]1C(=O)Nc2c(C)nc(N[C@H]3C[C@@H](CNc4cnc(C(F)(F)F)cn4)C3)nc2N1C. The zero-order chi connectivity index (χ0) is 23.0. The highest BCUT2D eigenvalue weighted by atomic mass is 19.4. The van der Waals surface area contributed by atoms with Crippen molar-refractivity contribution in [2.75, 3.05) is 34.4 Å². The van der Waals surface area contributed by atoms with Crippen LogP contribution in [0.4, 0.5) is 36.4 Å². The Morgan fingerprint density at radius 1 is 1.22 bits per heavy atom. The smallest absolute Gasteiger partial charge is 0.369 e. The highest BCUT2D eigenvalue weighted by molar-refractivity contribution is 6.03. The van der Waals surface area contributed by atoms with Gasteiger partial charge in [0.25, 0.3) is 0 Å². The van der Waals surface area contributed by atoms with Gasteiger partial charge >= 0.3 is 6.18 Å². The normalized spacial score (nSPS) is 22.6. The average Bonchev–Trinajstić information content (AvgIpc) is 2.70. The van der Waals surface area contributed by atoms with Crippen molar-refractivity contribution < 1.29 is 18.0 Å². The second-order valence-corrected chi connectivity index (χ2v) is 8.20. The fourth-order valence-electron chi connectivity index (χ4n) is 4.03. The number of anilines is 4. The van der Waals surface area contributed by atoms with Crippen LogP contribution in [0.5, 0.6) is 0 Å². The first-order valence-corrected chi connectivity index (χ1v) is 10.5. The summed E-state index contributed by atoms with van der Waals surface area (Å²) in [5, 5.41) is 9.28. The van der Waals surface area contributed by atoms with Crippen LogP contribution in [-0.4, -0.2) is 51.5 Å². The number of aryl methyl sites for hydroxylation is 1. The summed E-state index contributed by atoms with van der Waals surface area (Å²) >= 11 is 0. The number of halogens is 3. The van der Waals surface area contributed by atoms with E-state index in [0.29, 0.717) is 47.8 Å². The Balaban J connectivity index is 1.31. The summed E-state index contributed by atoms with van der Waals surface area (Å²) in [6, 6.07) is -0.0690. The van der Waals surface area contributed by atoms with Gasteiger partial charge in [0.15, 0.2) is 11.5 Å². The molecule has 0 spiro atoms. The largest absolute Gasteiger partial charge is 0.434 e. The van der Waals surface area contributed by atoms with Gasteiger partial charge in [0, 0.05) is 19.6 Å². The predicted molar refractivity (Wildman–Crippen MR) is 114 cm³/mol. The van der Waals surface area contributed by atoms with Crippen LogP contribution in [0.2, 0.25) is 0 Å². The minimum absolute atomic E-state index is 0.0537. The van der Waals surface area contributed by atoms with Crippen LogP contribution in [0.25, 0.3) is 0 Å². The van der Waals surface area contributed by atoms with E-state index in [1.165, 1.54) is 0 Å². The molecule has 0 bridgehead atoms. The molecule has 2 aromatic heterocycles. The number of hydrogen-bond donors (Lipinski definition) is 3. The second kappa shape index (κ2) is 8.40. The number of fused-ring (bicyclic) bond motifs is 1. The van der Waals surface area contributed by atoms with Crippen LogP contribution in [0.3, 0.4) is 0 Å². The van der Waals surface area contributed by atoms with Crippen LogP contribution >= 0.6 is 0 Å². The number of likely N-dealkylation sites (N-methyl/N-ethyl adjacent to an activating group) is 1. The van der Waals surface area contributed by atoms with Gasteiger partial charge in [-0.25, -0.2) is 15.0 Å². The molecule has 9 nitrogen and oxygen atoms in total. The standard InChI is InChI=1S/C20H25F3N8O/c1-4-13-18(32)29-16-10(2)27-19(30-17(16)31(13)3)28-12-5-11(6-12)7-25-15-9-24-14(8-26-15)20(21,22)23/h8-9,11-13H,4-7H2,1-3H3,(H,25,26)(H,29,32)(H,27,28,30)/t11-,12+,13-/m0/s1. The highest BCUT2D eigenvalue weighted by Crippen LogP contribution is 2.35. The number of carbonyl (C=O) groups excluding carboxylic acids is 1. The number of alkyl halides is 3. The zero-order valence-corrected chi connectivity index (χ0v) is 18.0. The van der Waals surface area contributed by atoms with E-state index >= 15 is 0 Å². The van der Waals surface area contributed by atoms with Crippen molar-refractivity contribution in [3.63, 3.8) is 0 Å². The Kier molecular flexibility index (Phi) is 5.78. The fraction of sp³-hybridized carbons (Fsp3) is 0.550. The third kappa shape index (κ3) is 4.39. The van der Waals surface area contributed by atoms with Crippen molar-refractivity contribution in [1.82, 2.24) is 19.9 Å². The van der Waals surface area contributed by atoms with Gasteiger partial charge in [-0.2, -0.15) is 18.2 Å². The number of hydrogen-bond acceptors (Lipinski definition) is 8. The number of nitrogens with one attached hydrogen (secondary N) is 3. The Labute approximate surface area is 183 Å². The topological polar surface area (TPSA) is 108 Å². The summed E-state index contributed by atoms with van der Waals surface area (Å²) in [6.07, 6.45) is -0.261. The molecule has 1 aliphatic carbocycles. The van der Waals surface area contributed by atoms with E-state index in [1.54, 1.807) is 0 Å². The number of amides is 1. The third-order valence-electron chi connectivity index (χ3n) is 5.89. The van der Waals surface area contributed by atoms with Gasteiger partial charge in [-0.15, -0.1) is 0 Å². The molecular formula is C20H25F3N8O. The molecule has 3 heterocycles. The van der Waals surface area contributed by atoms with Crippen molar-refractivity contribution in [1.29, 1.82) is 0 Å². The average molecular weight is 450 g/mol. The molecule has 12 heteroatoms. The maximum atomic E-state index is 12.6. The van der Waals surface area contributed by atoms with E-state index in [4.69, 9.17) is 0 Å². The van der Waals surface area contributed by atoms with Crippen molar-refractivity contribution >= 4 is 29.2 Å². The molecule has 2 aliphatic rings. The summed E-state index contributed by atoms with van der Waals surface area (Å²) < 4.78 is 37.7. The lowest BCUT2D eigenvalue weighted by molar-refractivity contribution is -0.141. The Morgan fingerprint density at radius 2 is 1.97 bits per heavy atom. The minimum atomic E-state index is -4.49. The summed E-state index contributed by atoms with van der Waals surface area (Å²) in [4.78, 5) is 30.4. The molecular weight excluding hydrogens is 425 g/mol. The first-order chi connectivity index (χ1) is 15.2. The van der Waals surface area contributed by atoms with E-state index in [9.17, 15) is 18.0 Å². The van der Waals surface area contributed by atoms with Crippen LogP contribution in [0, 0.1) is 12.8 Å². The number of carbonyl (C=O) groups is 1. The lowest BCUT2D eigenvalue weighted by Gasteiger charge is -2.37. The number of aromatic nitrogens is 4. The molecule has 2 aromatic rings. The Bertz CT molecular complexity index is 992. The molecule has 1 atom stereocenters. The maximum Gasteiger partial charge on any atom is 0.434 e. The van der Waals surface area contributed by atoms with Crippen molar-refractivity contribution in [3.8, 4) is 0 Å². The van der Waals surface area contributed by atoms with Crippen molar-refractivity contribution in [2.24, 2.45) is 5.92 Å². The number of rotatable bonds is 6. The minimum Gasteiger partial charge on any atom is -0.369 e. The van der Waals surface area contributed by atoms with E-state index in [2.05, 4.69) is 35.9 Å². The molecule has 3 N–H and O–H groups in total. The Hall–Kier alpha value is -3.18. The molecule has 1 aliphatic heterocycles. The van der Waals surface area contributed by atoms with Gasteiger partial charge in [0.2, 0.25) is 11.9 Å². The lowest BCUT2D eigenvalue weighted by atomic mass is 9.80. The summed E-state index contributed by atoms with van der Waals surface area (Å²) in [5.74, 6) is 1.83. The van der Waals surface area contributed by atoms with E-state index < -0.39 is 11.9 Å². The third-order valence-corrected chi connectivity index (χ3v) is 5.89. The Morgan fingerprint density at radius 3 is 2.59 bits per heavy atom. The monoisotopic (exact) mass is 450 g/mol. The molecule has 4 rings (SSSR count). The number of nitrogens with zero attached hydrogens (tertiary/aromatic N) is 5. The maximum absolute atomic E-state index is 12.6. The summed E-state index contributed by atoms with van der Waals surface area (Å²) in [5.41, 5.74) is 0.332. The van der Waals surface area contributed by atoms with E-state index in [-0.39, 0.29) is 18.0 Å². The molecule has 0 radical (unpaired) electrons. The first kappa shape index (κ1) is 22.0. The first-order valence-electron chi connectivity index (χ1n) is 10.5. The molecule has 0 aromatic carbocycles. The molecule has 1 amide bonds. The fourth-order valence-corrected chi connectivity index (χ4v) is 4.03. The summed E-state index contributed by atoms with van der Waals surface area (Å²) in [6.45, 7) is 4.39. The van der Waals surface area contributed by atoms with E-state index in [1.807, 2.05) is 25.8 Å². The van der Waals surface area contributed by atoms with Crippen LogP contribution in [0.1, 0.15) is 37.6 Å². The van der Waals surface area contributed by atoms with Crippen molar-refractivity contribution in [2.45, 2.75) is 51.4 Å². The highest BCUT2D eigenvalue weighted by Gasteiger charge is 2.34. The van der Waals surface area contributed by atoms with Crippen LogP contribution in [-0.2, 0) is 11.0 Å².